The van der Waals surface area contributed by atoms with Crippen molar-refractivity contribution in [2.75, 3.05) is 6.54 Å². The van der Waals surface area contributed by atoms with Crippen molar-refractivity contribution in [2.45, 2.75) is 6.92 Å². The van der Waals surface area contributed by atoms with E-state index >= 15 is 0 Å². The highest BCUT2D eigenvalue weighted by molar-refractivity contribution is 6.03. The minimum atomic E-state index is -1.34. The third kappa shape index (κ3) is 3.56. The van der Waals surface area contributed by atoms with E-state index in [1.54, 1.807) is 0 Å². The molecule has 26 heavy (non-hydrogen) atoms. The summed E-state index contributed by atoms with van der Waals surface area (Å²) in [5.74, 6) is -4.54. The fourth-order valence-electron chi connectivity index (χ4n) is 2.07. The predicted molar refractivity (Wildman–Crippen MR) is 94.6 cm³/mol. The standard InChI is InChI=1S/C19H16N2O5/c1-11-15-9-13(26-12-5-3-2-4-6-12)7-8-14(15)18(24)17(21-11)19(25)20-10-16(22)23/h2-9,24H,10H2,1H3,(H,20,25)(H,22,23)/i2D,3D,4D,5D,6D,7D,8D,9D. The molecule has 132 valence electrons. The number of para-hydroxylation sites is 1. The predicted octanol–water partition coefficient (Wildman–Crippen LogP) is 2.86. The quantitative estimate of drug-likeness (QED) is 0.645. The van der Waals surface area contributed by atoms with E-state index in [0.717, 1.165) is 0 Å². The number of benzene rings is 2. The molecule has 7 heteroatoms. The fraction of sp³-hybridized carbons (Fsp3) is 0.105. The Hall–Kier alpha value is -3.61. The van der Waals surface area contributed by atoms with E-state index in [1.165, 1.54) is 6.92 Å². The number of hydrogen-bond acceptors (Lipinski definition) is 5. The molecule has 0 saturated carbocycles. The van der Waals surface area contributed by atoms with Crippen LogP contribution in [0, 0.1) is 6.92 Å². The summed E-state index contributed by atoms with van der Waals surface area (Å²) in [6.07, 6.45) is 0. The fourth-order valence-corrected chi connectivity index (χ4v) is 2.07. The summed E-state index contributed by atoms with van der Waals surface area (Å²) in [5, 5.41) is 20.7. The molecule has 0 aliphatic rings. The van der Waals surface area contributed by atoms with Crippen molar-refractivity contribution < 1.29 is 35.5 Å². The lowest BCUT2D eigenvalue weighted by atomic mass is 10.1. The van der Waals surface area contributed by atoms with Gasteiger partial charge in [0.05, 0.1) is 11.0 Å². The molecule has 0 aliphatic carbocycles. The zero-order valence-electron chi connectivity index (χ0n) is 21.3. The van der Waals surface area contributed by atoms with Crippen LogP contribution in [-0.2, 0) is 4.79 Å². The number of amides is 1. The number of rotatable bonds is 5. The number of ether oxygens (including phenoxy) is 1. The van der Waals surface area contributed by atoms with Gasteiger partial charge in [0.2, 0.25) is 0 Å². The van der Waals surface area contributed by atoms with Crippen LogP contribution in [0.15, 0.2) is 48.3 Å². The van der Waals surface area contributed by atoms with Crippen molar-refractivity contribution >= 4 is 22.6 Å². The van der Waals surface area contributed by atoms with Gasteiger partial charge >= 0.3 is 5.97 Å². The van der Waals surface area contributed by atoms with Crippen LogP contribution in [0.5, 0.6) is 17.2 Å². The normalized spacial score (nSPS) is 14.8. The van der Waals surface area contributed by atoms with Gasteiger partial charge in [0, 0.05) is 16.5 Å². The highest BCUT2D eigenvalue weighted by atomic mass is 16.5. The van der Waals surface area contributed by atoms with Crippen LogP contribution >= 0.6 is 0 Å². The third-order valence-electron chi connectivity index (χ3n) is 3.19. The molecule has 7 nitrogen and oxygen atoms in total. The van der Waals surface area contributed by atoms with Crippen molar-refractivity contribution in [2.24, 2.45) is 0 Å². The van der Waals surface area contributed by atoms with Gasteiger partial charge in [-0.05, 0) is 37.1 Å². The van der Waals surface area contributed by atoms with Gasteiger partial charge < -0.3 is 20.3 Å². The van der Waals surface area contributed by atoms with Crippen molar-refractivity contribution in [3.63, 3.8) is 0 Å². The van der Waals surface area contributed by atoms with E-state index in [9.17, 15) is 14.7 Å². The van der Waals surface area contributed by atoms with Crippen LogP contribution in [0.25, 0.3) is 10.8 Å². The molecule has 0 radical (unpaired) electrons. The Morgan fingerprint density at radius 2 is 1.88 bits per heavy atom. The summed E-state index contributed by atoms with van der Waals surface area (Å²) < 4.78 is 69.4. The van der Waals surface area contributed by atoms with Crippen LogP contribution in [0.1, 0.15) is 27.1 Å². The van der Waals surface area contributed by atoms with E-state index in [1.807, 2.05) is 5.32 Å². The number of hydrogen-bond donors (Lipinski definition) is 3. The van der Waals surface area contributed by atoms with E-state index in [0.29, 0.717) is 0 Å². The van der Waals surface area contributed by atoms with Gasteiger partial charge in [-0.3, -0.25) is 9.59 Å². The van der Waals surface area contributed by atoms with E-state index in [2.05, 4.69) is 4.98 Å². The maximum absolute atomic E-state index is 12.3. The molecule has 0 atom stereocenters. The first kappa shape index (κ1) is 9.76. The van der Waals surface area contributed by atoms with Crippen LogP contribution in [0.2, 0.25) is 0 Å². The largest absolute Gasteiger partial charge is 0.505 e. The SMILES string of the molecule is [2H]c1c([2H])c([2H])c(Oc2c([2H])c([2H])c3c(O)c(C(=O)NCC(=O)O)nc(C)c3c2[2H])c([2H])c1[2H]. The number of pyridine rings is 1. The van der Waals surface area contributed by atoms with Crippen LogP contribution in [0.4, 0.5) is 0 Å². The second-order valence-corrected chi connectivity index (χ2v) is 4.98. The molecule has 2 aromatic carbocycles. The molecule has 3 aromatic rings. The molecule has 1 heterocycles. The molecule has 0 fully saturated rings. The monoisotopic (exact) mass is 360 g/mol. The number of aromatic nitrogens is 1. The first-order valence-electron chi connectivity index (χ1n) is 11.2. The Balaban J connectivity index is 2.26. The van der Waals surface area contributed by atoms with Gasteiger partial charge in [0.15, 0.2) is 11.4 Å². The molecule has 0 spiro atoms. The van der Waals surface area contributed by atoms with Gasteiger partial charge in [0.1, 0.15) is 18.0 Å². The number of nitrogens with zero attached hydrogens (tertiary/aromatic N) is 1. The average molecular weight is 360 g/mol. The Bertz CT molecular complexity index is 1370. The topological polar surface area (TPSA) is 109 Å². The zero-order chi connectivity index (χ0) is 25.6. The molecular weight excluding hydrogens is 336 g/mol. The Labute approximate surface area is 160 Å². The van der Waals surface area contributed by atoms with Gasteiger partial charge in [0.25, 0.3) is 5.91 Å². The summed E-state index contributed by atoms with van der Waals surface area (Å²) in [6, 6.07) is -5.55. The van der Waals surface area contributed by atoms with Crippen molar-refractivity contribution in [1.82, 2.24) is 10.3 Å². The number of nitrogens with one attached hydrogen (secondary N) is 1. The Morgan fingerprint density at radius 1 is 1.15 bits per heavy atom. The molecule has 3 rings (SSSR count). The number of carbonyl (C=O) groups is 2. The number of carboxylic acids is 1. The minimum absolute atomic E-state index is 0.0438. The van der Waals surface area contributed by atoms with Crippen molar-refractivity contribution in [3.8, 4) is 17.2 Å². The van der Waals surface area contributed by atoms with Crippen LogP contribution in [0.3, 0.4) is 0 Å². The second-order valence-electron chi connectivity index (χ2n) is 4.98. The van der Waals surface area contributed by atoms with Gasteiger partial charge in [-0.1, -0.05) is 18.1 Å². The number of aliphatic carboxylic acids is 1. The summed E-state index contributed by atoms with van der Waals surface area (Å²) in [4.78, 5) is 26.8. The Kier molecular flexibility index (Phi) is 2.67. The van der Waals surface area contributed by atoms with Gasteiger partial charge in [-0.15, -0.1) is 0 Å². The molecular formula is C19H16N2O5. The molecule has 1 aromatic heterocycles. The lowest BCUT2D eigenvalue weighted by molar-refractivity contribution is -0.135. The average Bonchev–Trinajstić information content (AvgIpc) is 2.79. The van der Waals surface area contributed by atoms with Gasteiger partial charge in [-0.25, -0.2) is 4.98 Å². The van der Waals surface area contributed by atoms with Crippen LogP contribution in [-0.4, -0.2) is 33.6 Å². The first-order chi connectivity index (χ1) is 15.8. The summed E-state index contributed by atoms with van der Waals surface area (Å²) in [7, 11) is 0. The number of carboxylic acid groups (broad SMARTS) is 1. The zero-order valence-corrected chi connectivity index (χ0v) is 13.3. The third-order valence-corrected chi connectivity index (χ3v) is 3.19. The molecule has 1 amide bonds. The summed E-state index contributed by atoms with van der Waals surface area (Å²) in [6.45, 7) is 0.577. The first-order valence-corrected chi connectivity index (χ1v) is 7.17. The van der Waals surface area contributed by atoms with E-state index < -0.39 is 95.1 Å². The van der Waals surface area contributed by atoms with Gasteiger partial charge in [-0.2, -0.15) is 0 Å². The maximum Gasteiger partial charge on any atom is 0.322 e. The van der Waals surface area contributed by atoms with E-state index in [4.69, 9.17) is 20.8 Å². The molecule has 0 saturated heterocycles. The Morgan fingerprint density at radius 3 is 2.58 bits per heavy atom. The number of fused-ring (bicyclic) bond motifs is 1. The number of aryl methyl sites for hydroxylation is 1. The number of carbonyl (C=O) groups excluding carboxylic acids is 1. The second kappa shape index (κ2) is 7.10. The lowest BCUT2D eigenvalue weighted by Crippen LogP contribution is -2.30. The summed E-state index contributed by atoms with van der Waals surface area (Å²) >= 11 is 0. The maximum atomic E-state index is 12.3. The molecule has 3 N–H and O–H groups in total. The van der Waals surface area contributed by atoms with E-state index in [-0.39, 0.29) is 11.1 Å². The highest BCUT2D eigenvalue weighted by Gasteiger charge is 2.18. The molecule has 0 unspecified atom stereocenters. The molecule has 0 aliphatic heterocycles. The summed E-state index contributed by atoms with van der Waals surface area (Å²) in [5.41, 5.74) is -0.657. The number of aromatic hydroxyl groups is 1. The van der Waals surface area contributed by atoms with Crippen molar-refractivity contribution in [3.05, 3.63) is 59.7 Å². The highest BCUT2D eigenvalue weighted by Crippen LogP contribution is 2.33. The van der Waals surface area contributed by atoms with Crippen LogP contribution < -0.4 is 10.1 Å². The van der Waals surface area contributed by atoms with Crippen molar-refractivity contribution in [1.29, 1.82) is 0 Å². The lowest BCUT2D eigenvalue weighted by Gasteiger charge is -2.12. The molecule has 0 bridgehead atoms. The minimum Gasteiger partial charge on any atom is -0.505 e. The smallest absolute Gasteiger partial charge is 0.322 e.